The molecule has 2 rings (SSSR count). The summed E-state index contributed by atoms with van der Waals surface area (Å²) in [5.74, 6) is -1.45. The zero-order chi connectivity index (χ0) is 21.9. The van der Waals surface area contributed by atoms with Crippen molar-refractivity contribution >= 4 is 40.1 Å². The molecule has 0 amide bonds. The molecule has 1 unspecified atom stereocenters. The maximum absolute atomic E-state index is 11.5. The topological polar surface area (TPSA) is 91.8 Å². The summed E-state index contributed by atoms with van der Waals surface area (Å²) in [6.45, 7) is 6.93. The Kier molecular flexibility index (Phi) is 9.83. The van der Waals surface area contributed by atoms with E-state index < -0.39 is 11.9 Å². The molecule has 0 bridgehead atoms. The number of carboxylic acid groups (broad SMARTS) is 1. The predicted octanol–water partition coefficient (Wildman–Crippen LogP) is 4.20. The van der Waals surface area contributed by atoms with Crippen molar-refractivity contribution in [1.82, 2.24) is 9.88 Å². The van der Waals surface area contributed by atoms with E-state index >= 15 is 0 Å². The number of hydrogen-bond acceptors (Lipinski definition) is 6. The lowest BCUT2D eigenvalue weighted by Gasteiger charge is -2.22. The van der Waals surface area contributed by atoms with Gasteiger partial charge in [-0.2, -0.15) is 0 Å². The number of likely N-dealkylation sites (N-methyl/N-ethyl adjacent to an activating group) is 1. The number of nitrogens with zero attached hydrogens (tertiary/aromatic N) is 2. The number of rotatable bonds is 13. The van der Waals surface area contributed by atoms with E-state index in [2.05, 4.69) is 29.0 Å². The summed E-state index contributed by atoms with van der Waals surface area (Å²) in [5.41, 5.74) is 1.92. The highest BCUT2D eigenvalue weighted by atomic mass is 35.5. The first-order valence-corrected chi connectivity index (χ1v) is 10.7. The van der Waals surface area contributed by atoms with Crippen molar-refractivity contribution in [2.45, 2.75) is 45.6 Å². The van der Waals surface area contributed by atoms with E-state index in [0.717, 1.165) is 42.5 Å². The van der Waals surface area contributed by atoms with Crippen LogP contribution in [0.4, 0.5) is 5.69 Å². The molecule has 0 aliphatic rings. The second kappa shape index (κ2) is 12.3. The third-order valence-corrected chi connectivity index (χ3v) is 5.11. The summed E-state index contributed by atoms with van der Waals surface area (Å²) in [6, 6.07) is 7.98. The molecule has 0 fully saturated rings. The summed E-state index contributed by atoms with van der Waals surface area (Å²) < 4.78 is 5.11. The highest BCUT2D eigenvalue weighted by molar-refractivity contribution is 6.31. The van der Waals surface area contributed by atoms with Crippen LogP contribution in [-0.4, -0.2) is 59.2 Å². The number of carbonyl (C=O) groups is 2. The average molecular weight is 436 g/mol. The third kappa shape index (κ3) is 8.16. The first-order valence-electron chi connectivity index (χ1n) is 10.3. The number of anilines is 1. The molecule has 0 saturated carbocycles. The van der Waals surface area contributed by atoms with Gasteiger partial charge < -0.3 is 20.1 Å². The Morgan fingerprint density at radius 2 is 2.07 bits per heavy atom. The third-order valence-electron chi connectivity index (χ3n) is 4.88. The number of aromatic nitrogens is 1. The number of aliphatic carboxylic acids is 1. The highest BCUT2D eigenvalue weighted by Crippen LogP contribution is 2.25. The van der Waals surface area contributed by atoms with Crippen molar-refractivity contribution in [2.24, 2.45) is 0 Å². The Labute approximate surface area is 182 Å². The number of pyridine rings is 1. The summed E-state index contributed by atoms with van der Waals surface area (Å²) in [4.78, 5) is 28.5. The molecular weight excluding hydrogens is 406 g/mol. The fourth-order valence-corrected chi connectivity index (χ4v) is 3.37. The van der Waals surface area contributed by atoms with E-state index in [1.165, 1.54) is 0 Å². The second-order valence-corrected chi connectivity index (χ2v) is 7.69. The standard InChI is InChI=1S/C22H30ClN3O4/c1-3-26(13-14-30-22(29)9-8-21(27)28)12-4-5-16(2)25-19-10-11-24-20-15-17(23)6-7-18(19)20/h6-7,10-11,15-16H,3-5,8-9,12-14H2,1-2H3,(H,24,25)(H,27,28). The molecule has 8 heteroatoms. The molecule has 1 aromatic carbocycles. The summed E-state index contributed by atoms with van der Waals surface area (Å²) in [6.07, 6.45) is 3.50. The number of hydrogen-bond donors (Lipinski definition) is 2. The van der Waals surface area contributed by atoms with Crippen LogP contribution in [0.2, 0.25) is 5.02 Å². The van der Waals surface area contributed by atoms with Gasteiger partial charge in [-0.15, -0.1) is 0 Å². The van der Waals surface area contributed by atoms with Gasteiger partial charge in [-0.3, -0.25) is 14.6 Å². The summed E-state index contributed by atoms with van der Waals surface area (Å²) in [5, 5.41) is 13.9. The number of ether oxygens (including phenoxy) is 1. The van der Waals surface area contributed by atoms with Crippen LogP contribution in [0.1, 0.15) is 39.5 Å². The van der Waals surface area contributed by atoms with Gasteiger partial charge in [0.1, 0.15) is 6.61 Å². The van der Waals surface area contributed by atoms with E-state index in [1.807, 2.05) is 24.3 Å². The van der Waals surface area contributed by atoms with Crippen molar-refractivity contribution in [3.05, 3.63) is 35.5 Å². The number of esters is 1. The molecule has 0 radical (unpaired) electrons. The minimum atomic E-state index is -0.992. The van der Waals surface area contributed by atoms with Crippen molar-refractivity contribution in [1.29, 1.82) is 0 Å². The Morgan fingerprint density at radius 1 is 1.27 bits per heavy atom. The van der Waals surface area contributed by atoms with E-state index in [9.17, 15) is 9.59 Å². The maximum Gasteiger partial charge on any atom is 0.306 e. The van der Waals surface area contributed by atoms with Crippen molar-refractivity contribution in [3.63, 3.8) is 0 Å². The van der Waals surface area contributed by atoms with Gasteiger partial charge in [0.05, 0.1) is 18.4 Å². The molecule has 30 heavy (non-hydrogen) atoms. The molecule has 0 saturated heterocycles. The predicted molar refractivity (Wildman–Crippen MR) is 119 cm³/mol. The Bertz CT molecular complexity index is 846. The Balaban J connectivity index is 1.72. The monoisotopic (exact) mass is 435 g/mol. The summed E-state index contributed by atoms with van der Waals surface area (Å²) in [7, 11) is 0. The number of halogens is 1. The molecule has 0 aliphatic carbocycles. The second-order valence-electron chi connectivity index (χ2n) is 7.26. The average Bonchev–Trinajstić information content (AvgIpc) is 2.71. The van der Waals surface area contributed by atoms with Crippen LogP contribution < -0.4 is 5.32 Å². The maximum atomic E-state index is 11.5. The lowest BCUT2D eigenvalue weighted by molar-refractivity contribution is -0.148. The van der Waals surface area contributed by atoms with Gasteiger partial charge in [0, 0.05) is 34.9 Å². The van der Waals surface area contributed by atoms with Crippen LogP contribution in [0.5, 0.6) is 0 Å². The van der Waals surface area contributed by atoms with Gasteiger partial charge in [-0.1, -0.05) is 18.5 Å². The molecule has 164 valence electrons. The Morgan fingerprint density at radius 3 is 2.80 bits per heavy atom. The number of carbonyl (C=O) groups excluding carboxylic acids is 1. The SMILES string of the molecule is CCN(CCCC(C)Nc1ccnc2cc(Cl)ccc12)CCOC(=O)CCC(=O)O. The van der Waals surface area contributed by atoms with Gasteiger partial charge in [-0.25, -0.2) is 0 Å². The van der Waals surface area contributed by atoms with Crippen LogP contribution >= 0.6 is 11.6 Å². The summed E-state index contributed by atoms with van der Waals surface area (Å²) >= 11 is 6.05. The van der Waals surface area contributed by atoms with E-state index in [-0.39, 0.29) is 19.4 Å². The van der Waals surface area contributed by atoms with Gasteiger partial charge in [-0.05, 0) is 57.1 Å². The molecule has 0 spiro atoms. The van der Waals surface area contributed by atoms with Crippen LogP contribution in [0.3, 0.4) is 0 Å². The molecule has 0 aliphatic heterocycles. The van der Waals surface area contributed by atoms with Gasteiger partial charge in [0.2, 0.25) is 0 Å². The minimum absolute atomic E-state index is 0.0828. The first-order chi connectivity index (χ1) is 14.4. The zero-order valence-electron chi connectivity index (χ0n) is 17.6. The first kappa shape index (κ1) is 23.9. The van der Waals surface area contributed by atoms with Crippen molar-refractivity contribution < 1.29 is 19.4 Å². The van der Waals surface area contributed by atoms with Crippen molar-refractivity contribution in [3.8, 4) is 0 Å². The Hall–Kier alpha value is -2.38. The van der Waals surface area contributed by atoms with E-state index in [4.69, 9.17) is 21.4 Å². The fraction of sp³-hybridized carbons (Fsp3) is 0.500. The lowest BCUT2D eigenvalue weighted by Crippen LogP contribution is -2.30. The van der Waals surface area contributed by atoms with Crippen LogP contribution in [0.25, 0.3) is 10.9 Å². The van der Waals surface area contributed by atoms with E-state index in [1.54, 1.807) is 6.20 Å². The van der Waals surface area contributed by atoms with Gasteiger partial charge in [0.15, 0.2) is 0 Å². The van der Waals surface area contributed by atoms with Gasteiger partial charge >= 0.3 is 11.9 Å². The van der Waals surface area contributed by atoms with Crippen molar-refractivity contribution in [2.75, 3.05) is 31.6 Å². The molecule has 1 aromatic heterocycles. The number of nitrogens with one attached hydrogen (secondary N) is 1. The fourth-order valence-electron chi connectivity index (χ4n) is 3.20. The molecule has 1 atom stereocenters. The van der Waals surface area contributed by atoms with Crippen LogP contribution in [-0.2, 0) is 14.3 Å². The lowest BCUT2D eigenvalue weighted by atomic mass is 10.1. The quantitative estimate of drug-likeness (QED) is 0.455. The molecular formula is C22H30ClN3O4. The largest absolute Gasteiger partial charge is 0.481 e. The molecule has 2 N–H and O–H groups in total. The number of fused-ring (bicyclic) bond motifs is 1. The van der Waals surface area contributed by atoms with E-state index in [0.29, 0.717) is 17.6 Å². The van der Waals surface area contributed by atoms with Gasteiger partial charge in [0.25, 0.3) is 0 Å². The molecule has 2 aromatic rings. The van der Waals surface area contributed by atoms with Crippen LogP contribution in [0.15, 0.2) is 30.5 Å². The number of benzene rings is 1. The normalized spacial score (nSPS) is 12.1. The zero-order valence-corrected chi connectivity index (χ0v) is 18.3. The number of carboxylic acids is 1. The van der Waals surface area contributed by atoms with Crippen LogP contribution in [0, 0.1) is 0 Å². The highest BCUT2D eigenvalue weighted by Gasteiger charge is 2.10. The molecule has 7 nitrogen and oxygen atoms in total. The molecule has 1 heterocycles. The smallest absolute Gasteiger partial charge is 0.306 e. The minimum Gasteiger partial charge on any atom is -0.481 e.